The van der Waals surface area contributed by atoms with Gasteiger partial charge in [0.15, 0.2) is 0 Å². The van der Waals surface area contributed by atoms with Crippen molar-refractivity contribution in [3.05, 3.63) is 99.7 Å². The first-order chi connectivity index (χ1) is 16.5. The lowest BCUT2D eigenvalue weighted by Crippen LogP contribution is -2.30. The Kier molecular flexibility index (Phi) is 5.21. The van der Waals surface area contributed by atoms with Gasteiger partial charge in [-0.05, 0) is 61.0 Å². The Bertz CT molecular complexity index is 1440. The average Bonchev–Trinajstić information content (AvgIpc) is 3.21. The first kappa shape index (κ1) is 21.2. The van der Waals surface area contributed by atoms with Crippen LogP contribution >= 0.6 is 0 Å². The molecule has 0 radical (unpaired) electrons. The van der Waals surface area contributed by atoms with Gasteiger partial charge in [-0.1, -0.05) is 12.1 Å². The first-order valence-corrected chi connectivity index (χ1v) is 10.6. The van der Waals surface area contributed by atoms with Gasteiger partial charge in [0.1, 0.15) is 5.75 Å². The van der Waals surface area contributed by atoms with Crippen molar-refractivity contribution >= 4 is 34.3 Å². The Hall–Kier alpha value is -4.66. The van der Waals surface area contributed by atoms with Crippen molar-refractivity contribution in [2.75, 3.05) is 17.7 Å². The molecule has 2 N–H and O–H groups in total. The number of fused-ring (bicyclic) bond motifs is 3. The number of carbonyl (C=O) groups is 1. The van der Waals surface area contributed by atoms with Crippen LogP contribution in [0.5, 0.6) is 5.75 Å². The number of nitro groups is 1. The highest BCUT2D eigenvalue weighted by Gasteiger charge is 2.34. The number of rotatable bonds is 5. The minimum atomic E-state index is -0.539. The molecule has 9 heteroatoms. The summed E-state index contributed by atoms with van der Waals surface area (Å²) >= 11 is 0. The first-order valence-electron chi connectivity index (χ1n) is 10.6. The SMILES string of the molecule is COc1ccc(NC(=O)C2=C(C)Nc3nc4ccccc4n3[C@H]2c2ccc([N+](=O)[O-])cc2)cc1. The van der Waals surface area contributed by atoms with E-state index in [0.717, 1.165) is 16.6 Å². The van der Waals surface area contributed by atoms with Crippen LogP contribution in [0.25, 0.3) is 11.0 Å². The summed E-state index contributed by atoms with van der Waals surface area (Å²) in [4.78, 5) is 29.0. The van der Waals surface area contributed by atoms with Gasteiger partial charge in [0, 0.05) is 23.5 Å². The van der Waals surface area contributed by atoms with Crippen LogP contribution in [0.15, 0.2) is 84.1 Å². The second-order valence-corrected chi connectivity index (χ2v) is 7.89. The number of ether oxygens (including phenoxy) is 1. The molecule has 0 aliphatic carbocycles. The average molecular weight is 455 g/mol. The summed E-state index contributed by atoms with van der Waals surface area (Å²) in [5.74, 6) is 0.996. The fraction of sp³-hybridized carbons (Fsp3) is 0.120. The molecule has 0 saturated heterocycles. The molecule has 1 aromatic heterocycles. The second-order valence-electron chi connectivity index (χ2n) is 7.89. The van der Waals surface area contributed by atoms with Crippen molar-refractivity contribution < 1.29 is 14.5 Å². The van der Waals surface area contributed by atoms with Crippen LogP contribution in [-0.4, -0.2) is 27.5 Å². The fourth-order valence-corrected chi connectivity index (χ4v) is 4.22. The van der Waals surface area contributed by atoms with Crippen LogP contribution in [0.4, 0.5) is 17.3 Å². The van der Waals surface area contributed by atoms with Gasteiger partial charge >= 0.3 is 0 Å². The Morgan fingerprint density at radius 3 is 2.47 bits per heavy atom. The molecule has 4 aromatic rings. The molecule has 1 aliphatic rings. The number of aromatic nitrogens is 2. The van der Waals surface area contributed by atoms with Crippen molar-refractivity contribution in [1.29, 1.82) is 0 Å². The van der Waals surface area contributed by atoms with Crippen molar-refractivity contribution in [3.8, 4) is 5.75 Å². The van der Waals surface area contributed by atoms with Crippen LogP contribution in [0.2, 0.25) is 0 Å². The normalized spacial score (nSPS) is 14.9. The summed E-state index contributed by atoms with van der Waals surface area (Å²) < 4.78 is 7.14. The number of imidazole rings is 1. The van der Waals surface area contributed by atoms with Crippen LogP contribution in [0.1, 0.15) is 18.5 Å². The number of non-ortho nitro benzene ring substituents is 1. The highest BCUT2D eigenvalue weighted by molar-refractivity contribution is 6.06. The third-order valence-electron chi connectivity index (χ3n) is 5.84. The van der Waals surface area contributed by atoms with Crippen molar-refractivity contribution in [3.63, 3.8) is 0 Å². The van der Waals surface area contributed by atoms with E-state index >= 15 is 0 Å². The number of allylic oxidation sites excluding steroid dienone is 1. The Morgan fingerprint density at radius 2 is 1.79 bits per heavy atom. The highest BCUT2D eigenvalue weighted by atomic mass is 16.6. The van der Waals surface area contributed by atoms with Crippen molar-refractivity contribution in [2.24, 2.45) is 0 Å². The smallest absolute Gasteiger partial charge is 0.269 e. The number of nitrogens with zero attached hydrogens (tertiary/aromatic N) is 3. The number of amides is 1. The lowest BCUT2D eigenvalue weighted by Gasteiger charge is -2.30. The van der Waals surface area contributed by atoms with Crippen LogP contribution in [0.3, 0.4) is 0 Å². The van der Waals surface area contributed by atoms with E-state index < -0.39 is 11.0 Å². The van der Waals surface area contributed by atoms with Gasteiger partial charge < -0.3 is 15.4 Å². The Morgan fingerprint density at radius 1 is 1.09 bits per heavy atom. The quantitative estimate of drug-likeness (QED) is 0.328. The highest BCUT2D eigenvalue weighted by Crippen LogP contribution is 2.39. The lowest BCUT2D eigenvalue weighted by atomic mass is 9.94. The number of nitrogens with one attached hydrogen (secondary N) is 2. The van der Waals surface area contributed by atoms with Crippen LogP contribution < -0.4 is 15.4 Å². The monoisotopic (exact) mass is 455 g/mol. The summed E-state index contributed by atoms with van der Waals surface area (Å²) in [6.07, 6.45) is 0. The third kappa shape index (κ3) is 3.62. The molecule has 0 spiro atoms. The van der Waals surface area contributed by atoms with Gasteiger partial charge in [-0.3, -0.25) is 19.5 Å². The number of nitro benzene ring substituents is 1. The molecule has 34 heavy (non-hydrogen) atoms. The van der Waals surface area contributed by atoms with E-state index in [9.17, 15) is 14.9 Å². The van der Waals surface area contributed by atoms with Gasteiger partial charge in [-0.2, -0.15) is 0 Å². The molecule has 9 nitrogen and oxygen atoms in total. The Balaban J connectivity index is 1.62. The van der Waals surface area contributed by atoms with E-state index in [4.69, 9.17) is 4.74 Å². The van der Waals surface area contributed by atoms with Crippen LogP contribution in [0, 0.1) is 10.1 Å². The largest absolute Gasteiger partial charge is 0.497 e. The number of hydrogen-bond acceptors (Lipinski definition) is 6. The molecule has 0 saturated carbocycles. The molecule has 5 rings (SSSR count). The fourth-order valence-electron chi connectivity index (χ4n) is 4.22. The second kappa shape index (κ2) is 8.36. The van der Waals surface area contributed by atoms with Crippen molar-refractivity contribution in [2.45, 2.75) is 13.0 Å². The summed E-state index contributed by atoms with van der Waals surface area (Å²) in [5, 5.41) is 17.4. The molecule has 1 aliphatic heterocycles. The minimum absolute atomic E-state index is 0.0154. The predicted octanol–water partition coefficient (Wildman–Crippen LogP) is 4.88. The minimum Gasteiger partial charge on any atom is -0.497 e. The molecule has 2 heterocycles. The summed E-state index contributed by atoms with van der Waals surface area (Å²) in [6, 6.07) is 20.4. The zero-order valence-corrected chi connectivity index (χ0v) is 18.5. The topological polar surface area (TPSA) is 111 Å². The number of methoxy groups -OCH3 is 1. The molecule has 0 unspecified atom stereocenters. The number of para-hydroxylation sites is 2. The molecule has 1 atom stereocenters. The number of hydrogen-bond donors (Lipinski definition) is 2. The maximum atomic E-state index is 13.6. The van der Waals surface area contributed by atoms with Gasteiger partial charge in [-0.25, -0.2) is 4.98 Å². The molecule has 3 aromatic carbocycles. The third-order valence-corrected chi connectivity index (χ3v) is 5.84. The van der Waals surface area contributed by atoms with Gasteiger partial charge in [0.2, 0.25) is 5.95 Å². The van der Waals surface area contributed by atoms with Gasteiger partial charge in [0.25, 0.3) is 11.6 Å². The lowest BCUT2D eigenvalue weighted by molar-refractivity contribution is -0.384. The maximum absolute atomic E-state index is 13.6. The summed E-state index contributed by atoms with van der Waals surface area (Å²) in [7, 11) is 1.58. The van der Waals surface area contributed by atoms with Crippen LogP contribution in [-0.2, 0) is 4.79 Å². The Labute approximate surface area is 194 Å². The molecule has 0 fully saturated rings. The van der Waals surface area contributed by atoms with Crippen molar-refractivity contribution in [1.82, 2.24) is 9.55 Å². The van der Waals surface area contributed by atoms with E-state index in [2.05, 4.69) is 15.6 Å². The van der Waals surface area contributed by atoms with E-state index in [1.807, 2.05) is 35.8 Å². The van der Waals surface area contributed by atoms with E-state index in [0.29, 0.717) is 28.7 Å². The van der Waals surface area contributed by atoms with Gasteiger partial charge in [0.05, 0.1) is 34.7 Å². The molecule has 0 bridgehead atoms. The zero-order chi connectivity index (χ0) is 23.8. The zero-order valence-electron chi connectivity index (χ0n) is 18.5. The van der Waals surface area contributed by atoms with E-state index in [-0.39, 0.29) is 11.6 Å². The van der Waals surface area contributed by atoms with Gasteiger partial charge in [-0.15, -0.1) is 0 Å². The number of anilines is 2. The van der Waals surface area contributed by atoms with E-state index in [1.54, 1.807) is 43.5 Å². The number of carbonyl (C=O) groups excluding carboxylic acids is 1. The standard InChI is InChI=1S/C25H21N5O4/c1-15-22(24(31)27-17-9-13-19(34-2)14-10-17)23(16-7-11-18(12-8-16)30(32)33)29-21-6-4-3-5-20(21)28-25(29)26-15/h3-14,23H,1-2H3,(H,26,28)(H,27,31)/t23-/m0/s1. The molecule has 170 valence electrons. The summed E-state index contributed by atoms with van der Waals surface area (Å²) in [5.41, 5.74) is 4.10. The molecular weight excluding hydrogens is 434 g/mol. The molecular formula is C25H21N5O4. The maximum Gasteiger partial charge on any atom is 0.269 e. The predicted molar refractivity (Wildman–Crippen MR) is 129 cm³/mol. The molecule has 1 amide bonds. The van der Waals surface area contributed by atoms with E-state index in [1.165, 1.54) is 12.1 Å². The summed E-state index contributed by atoms with van der Waals surface area (Å²) in [6.45, 7) is 1.82. The number of benzene rings is 3.